The standard InChI is InChI=1S/C21H27N3O3/c1-23(2)18-10-8-17(9-11-18)20(24-12-14-26-15-13-24)16-22-21(25)27-19-6-4-3-5-7-19/h3-11,20H,12-16H2,1-2H3,(H,22,25)/p+1/t20-/m1/s1. The zero-order chi connectivity index (χ0) is 19.1. The first-order valence-electron chi connectivity index (χ1n) is 9.34. The van der Waals surface area contributed by atoms with E-state index in [0.717, 1.165) is 32.0 Å². The molecular formula is C21H28N3O3+. The molecule has 1 atom stereocenters. The molecule has 6 heteroatoms. The summed E-state index contributed by atoms with van der Waals surface area (Å²) in [6, 6.07) is 17.8. The summed E-state index contributed by atoms with van der Waals surface area (Å²) in [5, 5.41) is 2.93. The average molecular weight is 370 g/mol. The van der Waals surface area contributed by atoms with Crippen LogP contribution in [-0.4, -0.2) is 53.0 Å². The molecule has 6 nitrogen and oxygen atoms in total. The summed E-state index contributed by atoms with van der Waals surface area (Å²) in [6.45, 7) is 3.86. The summed E-state index contributed by atoms with van der Waals surface area (Å²) in [5.41, 5.74) is 2.36. The van der Waals surface area contributed by atoms with Gasteiger partial charge in [-0.3, -0.25) is 0 Å². The Bertz CT molecular complexity index is 713. The number of carbonyl (C=O) groups is 1. The Balaban J connectivity index is 1.67. The summed E-state index contributed by atoms with van der Waals surface area (Å²) in [6.07, 6.45) is -0.427. The van der Waals surface area contributed by atoms with Crippen LogP contribution in [0.4, 0.5) is 10.5 Å². The molecule has 0 aliphatic carbocycles. The van der Waals surface area contributed by atoms with Gasteiger partial charge < -0.3 is 24.6 Å². The van der Waals surface area contributed by atoms with Crippen LogP contribution >= 0.6 is 0 Å². The third-order valence-corrected chi connectivity index (χ3v) is 4.84. The van der Waals surface area contributed by atoms with E-state index < -0.39 is 6.09 Å². The van der Waals surface area contributed by atoms with Gasteiger partial charge in [-0.25, -0.2) is 4.79 Å². The van der Waals surface area contributed by atoms with Gasteiger partial charge in [0.15, 0.2) is 0 Å². The van der Waals surface area contributed by atoms with Gasteiger partial charge in [-0.2, -0.15) is 0 Å². The van der Waals surface area contributed by atoms with Crippen LogP contribution in [0.15, 0.2) is 54.6 Å². The fourth-order valence-electron chi connectivity index (χ4n) is 3.30. The third-order valence-electron chi connectivity index (χ3n) is 4.84. The van der Waals surface area contributed by atoms with E-state index in [-0.39, 0.29) is 6.04 Å². The Morgan fingerprint density at radius 2 is 1.78 bits per heavy atom. The van der Waals surface area contributed by atoms with Crippen LogP contribution in [0.3, 0.4) is 0 Å². The van der Waals surface area contributed by atoms with Gasteiger partial charge in [0.1, 0.15) is 24.9 Å². The number of nitrogens with one attached hydrogen (secondary N) is 2. The zero-order valence-corrected chi connectivity index (χ0v) is 16.0. The third kappa shape index (κ3) is 5.45. The lowest BCUT2D eigenvalue weighted by molar-refractivity contribution is -0.937. The average Bonchev–Trinajstić information content (AvgIpc) is 2.70. The minimum Gasteiger partial charge on any atom is -0.410 e. The Morgan fingerprint density at radius 3 is 2.41 bits per heavy atom. The van der Waals surface area contributed by atoms with Crippen LogP contribution in [-0.2, 0) is 4.74 Å². The number of morpholine rings is 1. The van der Waals surface area contributed by atoms with E-state index in [0.29, 0.717) is 12.3 Å². The van der Waals surface area contributed by atoms with Crippen molar-refractivity contribution in [2.24, 2.45) is 0 Å². The quantitative estimate of drug-likeness (QED) is 0.809. The number of amides is 1. The molecule has 1 heterocycles. The number of ether oxygens (including phenoxy) is 2. The zero-order valence-electron chi connectivity index (χ0n) is 16.0. The first-order valence-corrected chi connectivity index (χ1v) is 9.34. The maximum atomic E-state index is 12.2. The van der Waals surface area contributed by atoms with Crippen LogP contribution in [0.5, 0.6) is 5.75 Å². The van der Waals surface area contributed by atoms with E-state index >= 15 is 0 Å². The molecule has 0 spiro atoms. The van der Waals surface area contributed by atoms with Crippen molar-refractivity contribution in [3.8, 4) is 5.75 Å². The maximum absolute atomic E-state index is 12.2. The molecule has 0 radical (unpaired) electrons. The van der Waals surface area contributed by atoms with E-state index in [1.54, 1.807) is 12.1 Å². The van der Waals surface area contributed by atoms with Crippen LogP contribution in [0, 0.1) is 0 Å². The molecule has 1 aliphatic rings. The summed E-state index contributed by atoms with van der Waals surface area (Å²) >= 11 is 0. The first-order chi connectivity index (χ1) is 13.1. The first kappa shape index (κ1) is 19.2. The molecule has 0 unspecified atom stereocenters. The molecule has 144 valence electrons. The van der Waals surface area contributed by atoms with Crippen molar-refractivity contribution in [1.29, 1.82) is 0 Å². The lowest BCUT2D eigenvalue weighted by atomic mass is 10.0. The van der Waals surface area contributed by atoms with Crippen molar-refractivity contribution in [2.75, 3.05) is 51.8 Å². The van der Waals surface area contributed by atoms with Crippen LogP contribution in [0.1, 0.15) is 11.6 Å². The summed E-state index contributed by atoms with van der Waals surface area (Å²) in [5.74, 6) is 0.542. The van der Waals surface area contributed by atoms with Gasteiger partial charge in [0.2, 0.25) is 0 Å². The Labute approximate surface area is 160 Å². The molecule has 3 rings (SSSR count). The van der Waals surface area contributed by atoms with Crippen LogP contribution in [0.2, 0.25) is 0 Å². The summed E-state index contributed by atoms with van der Waals surface area (Å²) in [4.78, 5) is 15.7. The molecule has 1 aliphatic heterocycles. The molecule has 1 amide bonds. The Kier molecular flexibility index (Phi) is 6.68. The SMILES string of the molecule is CN(C)c1ccc([C@@H](CNC(=O)Oc2ccccc2)[NH+]2CCOCC2)cc1. The van der Waals surface area contributed by atoms with Crippen LogP contribution < -0.4 is 19.9 Å². The molecule has 2 aromatic carbocycles. The highest BCUT2D eigenvalue weighted by molar-refractivity contribution is 5.70. The topological polar surface area (TPSA) is 55.2 Å². The molecule has 0 aromatic heterocycles. The lowest BCUT2D eigenvalue weighted by Gasteiger charge is -2.32. The molecule has 2 N–H and O–H groups in total. The second-order valence-electron chi connectivity index (χ2n) is 6.89. The smallest absolute Gasteiger partial charge is 0.410 e. The minimum atomic E-state index is -0.427. The number of quaternary nitrogens is 1. The highest BCUT2D eigenvalue weighted by Crippen LogP contribution is 2.16. The molecule has 0 bridgehead atoms. The Hall–Kier alpha value is -2.57. The van der Waals surface area contributed by atoms with Crippen LogP contribution in [0.25, 0.3) is 0 Å². The van der Waals surface area contributed by atoms with Gasteiger partial charge in [-0.1, -0.05) is 30.3 Å². The van der Waals surface area contributed by atoms with Gasteiger partial charge in [0.25, 0.3) is 0 Å². The molecule has 27 heavy (non-hydrogen) atoms. The largest absolute Gasteiger partial charge is 0.412 e. The highest BCUT2D eigenvalue weighted by Gasteiger charge is 2.27. The highest BCUT2D eigenvalue weighted by atomic mass is 16.6. The monoisotopic (exact) mass is 370 g/mol. The normalized spacial score (nSPS) is 15.8. The number of hydrogen-bond donors (Lipinski definition) is 2. The van der Waals surface area contributed by atoms with Gasteiger partial charge in [0.05, 0.1) is 19.8 Å². The summed E-state index contributed by atoms with van der Waals surface area (Å²) in [7, 11) is 4.06. The van der Waals surface area contributed by atoms with Crippen molar-refractivity contribution in [3.05, 3.63) is 60.2 Å². The van der Waals surface area contributed by atoms with Gasteiger partial charge in [-0.05, 0) is 24.3 Å². The Morgan fingerprint density at radius 1 is 1.11 bits per heavy atom. The molecule has 1 fully saturated rings. The van der Waals surface area contributed by atoms with E-state index in [2.05, 4.69) is 34.5 Å². The number of rotatable bonds is 6. The van der Waals surface area contributed by atoms with E-state index in [1.165, 1.54) is 10.5 Å². The number of hydrogen-bond acceptors (Lipinski definition) is 4. The van der Waals surface area contributed by atoms with Crippen molar-refractivity contribution in [3.63, 3.8) is 0 Å². The van der Waals surface area contributed by atoms with Crippen molar-refractivity contribution >= 4 is 11.8 Å². The predicted molar refractivity (Wildman–Crippen MR) is 105 cm³/mol. The summed E-state index contributed by atoms with van der Waals surface area (Å²) < 4.78 is 10.8. The molecule has 1 saturated heterocycles. The minimum absolute atomic E-state index is 0.161. The van der Waals surface area contributed by atoms with Gasteiger partial charge >= 0.3 is 6.09 Å². The van der Waals surface area contributed by atoms with Crippen molar-refractivity contribution in [1.82, 2.24) is 5.32 Å². The fraction of sp³-hybridized carbons (Fsp3) is 0.381. The fourth-order valence-corrected chi connectivity index (χ4v) is 3.30. The molecule has 2 aromatic rings. The van der Waals surface area contributed by atoms with Crippen molar-refractivity contribution < 1.29 is 19.2 Å². The molecular weight excluding hydrogens is 342 g/mol. The van der Waals surface area contributed by atoms with Gasteiger partial charge in [-0.15, -0.1) is 0 Å². The number of para-hydroxylation sites is 1. The number of anilines is 1. The number of carbonyl (C=O) groups excluding carboxylic acids is 1. The second kappa shape index (κ2) is 9.39. The van der Waals surface area contributed by atoms with E-state index in [9.17, 15) is 4.79 Å². The van der Waals surface area contributed by atoms with Gasteiger partial charge in [0, 0.05) is 25.3 Å². The predicted octanol–water partition coefficient (Wildman–Crippen LogP) is 1.50. The van der Waals surface area contributed by atoms with E-state index in [4.69, 9.17) is 9.47 Å². The number of benzene rings is 2. The lowest BCUT2D eigenvalue weighted by Crippen LogP contribution is -3.15. The van der Waals surface area contributed by atoms with E-state index in [1.807, 2.05) is 32.3 Å². The molecule has 0 saturated carbocycles. The maximum Gasteiger partial charge on any atom is 0.412 e. The number of nitrogens with zero attached hydrogens (tertiary/aromatic N) is 1. The second-order valence-corrected chi connectivity index (χ2v) is 6.89. The van der Waals surface area contributed by atoms with Crippen molar-refractivity contribution in [2.45, 2.75) is 6.04 Å².